The highest BCUT2D eigenvalue weighted by atomic mass is 31.2. The zero-order chi connectivity index (χ0) is 17.3. The lowest BCUT2D eigenvalue weighted by molar-refractivity contribution is 0.387. The van der Waals surface area contributed by atoms with Gasteiger partial charge in [0.1, 0.15) is 0 Å². The highest BCUT2D eigenvalue weighted by Crippen LogP contribution is 2.42. The zero-order valence-electron chi connectivity index (χ0n) is 13.6. The van der Waals surface area contributed by atoms with E-state index in [1.165, 1.54) is 6.07 Å². The Morgan fingerprint density at radius 3 is 1.71 bits per heavy atom. The first kappa shape index (κ1) is 16.7. The molecule has 0 aliphatic rings. The largest absolute Gasteiger partial charge is 0.356 e. The van der Waals surface area contributed by atoms with E-state index in [9.17, 15) is 14.4 Å². The van der Waals surface area contributed by atoms with Gasteiger partial charge >= 0.3 is 7.60 Å². The highest BCUT2D eigenvalue weighted by Gasteiger charge is 2.24. The van der Waals surface area contributed by atoms with Crippen LogP contribution in [0.1, 0.15) is 11.1 Å². The Kier molecular flexibility index (Phi) is 4.42. The highest BCUT2D eigenvalue weighted by molar-refractivity contribution is 7.60. The summed E-state index contributed by atoms with van der Waals surface area (Å²) in [4.78, 5) is 19.6. The SMILES string of the molecule is Cc1ccc(-c2cccc(P(=O)(O)O)c2-c2ccc(C)cc2)cc1. The van der Waals surface area contributed by atoms with Gasteiger partial charge in [-0.2, -0.15) is 0 Å². The fourth-order valence-electron chi connectivity index (χ4n) is 2.78. The molecule has 0 bridgehead atoms. The molecule has 0 fully saturated rings. The summed E-state index contributed by atoms with van der Waals surface area (Å²) >= 11 is 0. The van der Waals surface area contributed by atoms with Gasteiger partial charge in [-0.25, -0.2) is 0 Å². The number of benzene rings is 3. The summed E-state index contributed by atoms with van der Waals surface area (Å²) in [6, 6.07) is 20.8. The Hall–Kier alpha value is -2.19. The van der Waals surface area contributed by atoms with Crippen molar-refractivity contribution >= 4 is 12.9 Å². The lowest BCUT2D eigenvalue weighted by Crippen LogP contribution is -2.09. The van der Waals surface area contributed by atoms with E-state index in [4.69, 9.17) is 0 Å². The van der Waals surface area contributed by atoms with Crippen molar-refractivity contribution in [3.05, 3.63) is 77.9 Å². The summed E-state index contributed by atoms with van der Waals surface area (Å²) in [6.45, 7) is 4.00. The molecule has 0 aliphatic heterocycles. The van der Waals surface area contributed by atoms with Gasteiger partial charge < -0.3 is 9.79 Å². The summed E-state index contributed by atoms with van der Waals surface area (Å²) < 4.78 is 12.0. The third kappa shape index (κ3) is 3.34. The summed E-state index contributed by atoms with van der Waals surface area (Å²) in [6.07, 6.45) is 0. The minimum atomic E-state index is -4.39. The molecule has 0 atom stereocenters. The first-order chi connectivity index (χ1) is 11.4. The number of hydrogen-bond donors (Lipinski definition) is 2. The van der Waals surface area contributed by atoms with Crippen molar-refractivity contribution in [3.8, 4) is 22.3 Å². The average Bonchev–Trinajstić information content (AvgIpc) is 2.55. The maximum Gasteiger partial charge on any atom is 0.356 e. The second-order valence-corrected chi connectivity index (χ2v) is 7.55. The Bertz CT molecular complexity index is 907. The standard InChI is InChI=1S/C20H19O3P/c1-14-6-10-16(11-7-14)18-4-3-5-19(24(21,22)23)20(18)17-12-8-15(2)9-13-17/h3-13H,1-2H3,(H2,21,22,23). The van der Waals surface area contributed by atoms with Crippen LogP contribution in [0.2, 0.25) is 0 Å². The molecular formula is C20H19O3P. The third-order valence-electron chi connectivity index (χ3n) is 4.06. The average molecular weight is 338 g/mol. The van der Waals surface area contributed by atoms with Gasteiger partial charge in [-0.3, -0.25) is 4.57 Å². The number of rotatable bonds is 3. The minimum Gasteiger partial charge on any atom is -0.321 e. The molecule has 0 heterocycles. The fourth-order valence-corrected chi connectivity index (χ4v) is 3.60. The van der Waals surface area contributed by atoms with Crippen LogP contribution in [0.15, 0.2) is 66.7 Å². The van der Waals surface area contributed by atoms with Gasteiger partial charge in [0.25, 0.3) is 0 Å². The van der Waals surface area contributed by atoms with Crippen LogP contribution < -0.4 is 5.30 Å². The van der Waals surface area contributed by atoms with Crippen LogP contribution in [-0.2, 0) is 4.57 Å². The third-order valence-corrected chi connectivity index (χ3v) is 5.06. The Morgan fingerprint density at radius 2 is 1.21 bits per heavy atom. The van der Waals surface area contributed by atoms with E-state index in [0.29, 0.717) is 5.56 Å². The van der Waals surface area contributed by atoms with E-state index in [-0.39, 0.29) is 5.30 Å². The summed E-state index contributed by atoms with van der Waals surface area (Å²) in [5, 5.41) is 0.0597. The second-order valence-electron chi connectivity index (χ2n) is 5.98. The molecule has 0 saturated heterocycles. The predicted octanol–water partition coefficient (Wildman–Crippen LogP) is 4.44. The fraction of sp³-hybridized carbons (Fsp3) is 0.100. The van der Waals surface area contributed by atoms with Gasteiger partial charge in [0, 0.05) is 5.56 Å². The van der Waals surface area contributed by atoms with Gasteiger partial charge in [-0.1, -0.05) is 71.8 Å². The van der Waals surface area contributed by atoms with Crippen LogP contribution in [0.4, 0.5) is 0 Å². The van der Waals surface area contributed by atoms with Gasteiger partial charge in [0.15, 0.2) is 0 Å². The molecule has 0 amide bonds. The van der Waals surface area contributed by atoms with Gasteiger partial charge in [0.05, 0.1) is 5.30 Å². The normalized spacial score (nSPS) is 11.5. The van der Waals surface area contributed by atoms with Crippen LogP contribution in [0.3, 0.4) is 0 Å². The topological polar surface area (TPSA) is 57.5 Å². The Labute approximate surface area is 141 Å². The molecule has 3 aromatic rings. The molecule has 3 aromatic carbocycles. The van der Waals surface area contributed by atoms with E-state index >= 15 is 0 Å². The first-order valence-electron chi connectivity index (χ1n) is 7.69. The molecule has 3 nitrogen and oxygen atoms in total. The van der Waals surface area contributed by atoms with Crippen molar-refractivity contribution in [2.24, 2.45) is 0 Å². The van der Waals surface area contributed by atoms with Crippen molar-refractivity contribution in [3.63, 3.8) is 0 Å². The van der Waals surface area contributed by atoms with E-state index < -0.39 is 7.60 Å². The molecule has 4 heteroatoms. The monoisotopic (exact) mass is 338 g/mol. The zero-order valence-corrected chi connectivity index (χ0v) is 14.5. The number of aryl methyl sites for hydroxylation is 2. The first-order valence-corrected chi connectivity index (χ1v) is 9.31. The van der Waals surface area contributed by atoms with E-state index in [1.54, 1.807) is 6.07 Å². The quantitative estimate of drug-likeness (QED) is 0.694. The number of hydrogen-bond acceptors (Lipinski definition) is 1. The van der Waals surface area contributed by atoms with Crippen LogP contribution in [-0.4, -0.2) is 9.79 Å². The van der Waals surface area contributed by atoms with Crippen molar-refractivity contribution in [2.75, 3.05) is 0 Å². The van der Waals surface area contributed by atoms with Crippen LogP contribution in [0.25, 0.3) is 22.3 Å². The van der Waals surface area contributed by atoms with Crippen molar-refractivity contribution in [2.45, 2.75) is 13.8 Å². The summed E-state index contributed by atoms with van der Waals surface area (Å²) in [5.41, 5.74) is 5.39. The lowest BCUT2D eigenvalue weighted by Gasteiger charge is -2.17. The van der Waals surface area contributed by atoms with Crippen molar-refractivity contribution in [1.82, 2.24) is 0 Å². The molecule has 0 radical (unpaired) electrons. The molecule has 3 rings (SSSR count). The van der Waals surface area contributed by atoms with E-state index in [0.717, 1.165) is 27.8 Å². The van der Waals surface area contributed by atoms with Crippen LogP contribution >= 0.6 is 7.60 Å². The van der Waals surface area contributed by atoms with E-state index in [1.807, 2.05) is 68.4 Å². The van der Waals surface area contributed by atoms with Crippen LogP contribution in [0.5, 0.6) is 0 Å². The Balaban J connectivity index is 2.31. The van der Waals surface area contributed by atoms with Crippen LogP contribution in [0, 0.1) is 13.8 Å². The predicted molar refractivity (Wildman–Crippen MR) is 98.5 cm³/mol. The Morgan fingerprint density at radius 1 is 0.708 bits per heavy atom. The molecular weight excluding hydrogens is 319 g/mol. The van der Waals surface area contributed by atoms with Crippen molar-refractivity contribution < 1.29 is 14.4 Å². The molecule has 122 valence electrons. The van der Waals surface area contributed by atoms with Gasteiger partial charge in [-0.05, 0) is 36.6 Å². The van der Waals surface area contributed by atoms with Crippen molar-refractivity contribution in [1.29, 1.82) is 0 Å². The smallest absolute Gasteiger partial charge is 0.321 e. The van der Waals surface area contributed by atoms with Gasteiger partial charge in [0.2, 0.25) is 0 Å². The molecule has 0 spiro atoms. The summed E-state index contributed by atoms with van der Waals surface area (Å²) in [5.74, 6) is 0. The van der Waals surface area contributed by atoms with E-state index in [2.05, 4.69) is 0 Å². The maximum atomic E-state index is 12.0. The summed E-state index contributed by atoms with van der Waals surface area (Å²) in [7, 11) is -4.39. The lowest BCUT2D eigenvalue weighted by atomic mass is 9.93. The molecule has 2 N–H and O–H groups in total. The molecule has 0 aliphatic carbocycles. The van der Waals surface area contributed by atoms with Gasteiger partial charge in [-0.15, -0.1) is 0 Å². The molecule has 0 aromatic heterocycles. The second kappa shape index (κ2) is 6.37. The minimum absolute atomic E-state index is 0.0597. The molecule has 24 heavy (non-hydrogen) atoms. The molecule has 0 saturated carbocycles. The maximum absolute atomic E-state index is 12.0. The molecule has 0 unspecified atom stereocenters.